The normalized spacial score (nSPS) is 15.2. The Kier molecular flexibility index (Phi) is 4.49. The highest BCUT2D eigenvalue weighted by Gasteiger charge is 2.18. The van der Waals surface area contributed by atoms with Gasteiger partial charge in [0.1, 0.15) is 0 Å². The molecule has 1 aliphatic heterocycles. The predicted octanol–water partition coefficient (Wildman–Crippen LogP) is 3.12. The van der Waals surface area contributed by atoms with Crippen molar-refractivity contribution in [2.45, 2.75) is 0 Å². The van der Waals surface area contributed by atoms with Crippen molar-refractivity contribution >= 4 is 33.4 Å². The largest absolute Gasteiger partial charge is 0.379 e. The molecule has 2 aromatic heterocycles. The molecular weight excluding hydrogens is 373 g/mol. The second kappa shape index (κ2) is 7.31. The van der Waals surface area contributed by atoms with Crippen molar-refractivity contribution in [2.24, 2.45) is 0 Å². The van der Waals surface area contributed by atoms with Crippen LogP contribution < -0.4 is 5.32 Å². The van der Waals surface area contributed by atoms with Crippen molar-refractivity contribution in [1.82, 2.24) is 20.1 Å². The molecule has 7 nitrogen and oxygen atoms in total. The van der Waals surface area contributed by atoms with Gasteiger partial charge in [0.05, 0.1) is 36.3 Å². The van der Waals surface area contributed by atoms with Gasteiger partial charge in [-0.25, -0.2) is 0 Å². The molecule has 3 N–H and O–H groups in total. The number of ether oxygens (including phenoxy) is 1. The maximum atomic E-state index is 14.3. The molecule has 3 heterocycles. The molecule has 148 valence electrons. The minimum atomic E-state index is -0.631. The number of anilines is 1. The molecule has 1 amide bonds. The molecule has 4 aromatic rings. The summed E-state index contributed by atoms with van der Waals surface area (Å²) in [6, 6.07) is 11.6. The molecule has 1 aliphatic rings. The summed E-state index contributed by atoms with van der Waals surface area (Å²) in [7, 11) is 0. The Bertz CT molecular complexity index is 1190. The summed E-state index contributed by atoms with van der Waals surface area (Å²) in [6.45, 7) is 2.88. The fourth-order valence-corrected chi connectivity index (χ4v) is 3.86. The van der Waals surface area contributed by atoms with Gasteiger partial charge < -0.3 is 15.0 Å². The fourth-order valence-electron chi connectivity index (χ4n) is 3.86. The van der Waals surface area contributed by atoms with Gasteiger partial charge in [0.25, 0.3) is 0 Å². The Hall–Kier alpha value is -3.23. The Labute approximate surface area is 165 Å². The number of carbonyl (C=O) groups excluding carboxylic acids is 1. The zero-order valence-electron chi connectivity index (χ0n) is 15.7. The number of rotatable bonds is 4. The van der Waals surface area contributed by atoms with Gasteiger partial charge >= 0.3 is 0 Å². The van der Waals surface area contributed by atoms with Crippen molar-refractivity contribution < 1.29 is 13.9 Å². The maximum Gasteiger partial charge on any atom is 0.242 e. The summed E-state index contributed by atoms with van der Waals surface area (Å²) < 4.78 is 19.6. The molecule has 0 bridgehead atoms. The zero-order valence-corrected chi connectivity index (χ0v) is 15.7. The first-order valence-electron chi connectivity index (χ1n) is 9.53. The first-order valence-corrected chi connectivity index (χ1v) is 9.53. The van der Waals surface area contributed by atoms with Crippen LogP contribution in [0.4, 0.5) is 10.1 Å². The van der Waals surface area contributed by atoms with E-state index in [0.717, 1.165) is 22.0 Å². The van der Waals surface area contributed by atoms with Crippen molar-refractivity contribution in [3.8, 4) is 11.1 Å². The second-order valence-electron chi connectivity index (χ2n) is 7.14. The van der Waals surface area contributed by atoms with Gasteiger partial charge in [-0.3, -0.25) is 14.8 Å². The van der Waals surface area contributed by atoms with E-state index in [2.05, 4.69) is 20.5 Å². The van der Waals surface area contributed by atoms with Crippen LogP contribution in [0.15, 0.2) is 42.6 Å². The quantitative estimate of drug-likeness (QED) is 0.497. The van der Waals surface area contributed by atoms with E-state index in [1.54, 1.807) is 6.07 Å². The lowest BCUT2D eigenvalue weighted by Gasteiger charge is -2.25. The van der Waals surface area contributed by atoms with Crippen molar-refractivity contribution in [2.75, 3.05) is 38.2 Å². The molecule has 2 aromatic carbocycles. The average Bonchev–Trinajstić information content (AvgIpc) is 3.35. The van der Waals surface area contributed by atoms with Gasteiger partial charge in [-0.1, -0.05) is 12.1 Å². The summed E-state index contributed by atoms with van der Waals surface area (Å²) in [6.07, 6.45) is 1.88. The van der Waals surface area contributed by atoms with Crippen LogP contribution in [0.2, 0.25) is 0 Å². The molecule has 8 heteroatoms. The number of morpholine rings is 1. The fraction of sp³-hybridized carbons (Fsp3) is 0.238. The van der Waals surface area contributed by atoms with Gasteiger partial charge in [0.2, 0.25) is 11.9 Å². The SMILES string of the molecule is O=C(CN1CCOCC1)Nc1cc(-c2cccc3[nH]ccc23)cc2[nH]nc(F)c12. The Morgan fingerprint density at radius 1 is 1.21 bits per heavy atom. The molecule has 0 radical (unpaired) electrons. The Morgan fingerprint density at radius 2 is 2.07 bits per heavy atom. The monoisotopic (exact) mass is 393 g/mol. The molecule has 1 saturated heterocycles. The number of aromatic amines is 2. The molecule has 29 heavy (non-hydrogen) atoms. The van der Waals surface area contributed by atoms with E-state index in [1.807, 2.05) is 41.4 Å². The number of hydrogen-bond acceptors (Lipinski definition) is 4. The van der Waals surface area contributed by atoms with E-state index in [1.165, 1.54) is 0 Å². The Morgan fingerprint density at radius 3 is 2.93 bits per heavy atom. The molecule has 0 atom stereocenters. The van der Waals surface area contributed by atoms with Gasteiger partial charge in [-0.05, 0) is 35.4 Å². The molecule has 1 fully saturated rings. The third kappa shape index (κ3) is 3.37. The van der Waals surface area contributed by atoms with E-state index in [9.17, 15) is 9.18 Å². The van der Waals surface area contributed by atoms with Crippen molar-refractivity contribution in [1.29, 1.82) is 0 Å². The predicted molar refractivity (Wildman–Crippen MR) is 109 cm³/mol. The van der Waals surface area contributed by atoms with Crippen molar-refractivity contribution in [3.05, 3.63) is 48.5 Å². The van der Waals surface area contributed by atoms with Crippen LogP contribution in [-0.2, 0) is 9.53 Å². The number of hydrogen-bond donors (Lipinski definition) is 3. The zero-order chi connectivity index (χ0) is 19.8. The van der Waals surface area contributed by atoms with Crippen molar-refractivity contribution in [3.63, 3.8) is 0 Å². The Balaban J connectivity index is 1.53. The first-order chi connectivity index (χ1) is 14.2. The minimum absolute atomic E-state index is 0.189. The standard InChI is InChI=1S/C21H20FN5O2/c22-21-20-17(24-19(28)12-27-6-8-29-9-7-27)10-13(11-18(20)25-26-21)14-2-1-3-16-15(14)4-5-23-16/h1-5,10-11,23H,6-9,12H2,(H,24,28)(H,25,26). The van der Waals surface area contributed by atoms with Gasteiger partial charge in [-0.15, -0.1) is 5.10 Å². The highest BCUT2D eigenvalue weighted by atomic mass is 19.1. The third-order valence-corrected chi connectivity index (χ3v) is 5.27. The smallest absolute Gasteiger partial charge is 0.242 e. The summed E-state index contributed by atoms with van der Waals surface area (Å²) in [5.41, 5.74) is 3.82. The molecule has 0 unspecified atom stereocenters. The number of halogens is 1. The molecule has 0 spiro atoms. The van der Waals surface area contributed by atoms with Crippen LogP contribution in [0.3, 0.4) is 0 Å². The van der Waals surface area contributed by atoms with Gasteiger partial charge in [0.15, 0.2) is 0 Å². The molecule has 0 aliphatic carbocycles. The summed E-state index contributed by atoms with van der Waals surface area (Å²) in [5.74, 6) is -0.820. The van der Waals surface area contributed by atoms with Crippen LogP contribution in [-0.4, -0.2) is 58.8 Å². The lowest BCUT2D eigenvalue weighted by molar-refractivity contribution is -0.118. The number of benzene rings is 2. The van der Waals surface area contributed by atoms with Gasteiger partial charge in [-0.2, -0.15) is 4.39 Å². The highest BCUT2D eigenvalue weighted by Crippen LogP contribution is 2.34. The van der Waals surface area contributed by atoms with E-state index in [-0.39, 0.29) is 17.8 Å². The van der Waals surface area contributed by atoms with Crippen LogP contribution in [0, 0.1) is 5.95 Å². The molecule has 5 rings (SSSR count). The van der Waals surface area contributed by atoms with Crippen LogP contribution >= 0.6 is 0 Å². The van der Waals surface area contributed by atoms with Gasteiger partial charge in [0, 0.05) is 30.2 Å². The van der Waals surface area contributed by atoms with Crippen LogP contribution in [0.1, 0.15) is 0 Å². The number of fused-ring (bicyclic) bond motifs is 2. The highest BCUT2D eigenvalue weighted by molar-refractivity contribution is 6.05. The molecule has 0 saturated carbocycles. The first kappa shape index (κ1) is 17.8. The maximum absolute atomic E-state index is 14.3. The number of H-pyrrole nitrogens is 2. The van der Waals surface area contributed by atoms with E-state index in [4.69, 9.17) is 4.74 Å². The number of nitrogens with zero attached hydrogens (tertiary/aromatic N) is 2. The number of aromatic nitrogens is 3. The van der Waals surface area contributed by atoms with E-state index >= 15 is 0 Å². The average molecular weight is 393 g/mol. The second-order valence-corrected chi connectivity index (χ2v) is 7.14. The lowest BCUT2D eigenvalue weighted by Crippen LogP contribution is -2.41. The van der Waals surface area contributed by atoms with Crippen LogP contribution in [0.25, 0.3) is 32.9 Å². The van der Waals surface area contributed by atoms with Crippen LogP contribution in [0.5, 0.6) is 0 Å². The topological polar surface area (TPSA) is 86.0 Å². The summed E-state index contributed by atoms with van der Waals surface area (Å²) in [4.78, 5) is 17.8. The number of amides is 1. The number of nitrogens with one attached hydrogen (secondary N) is 3. The van der Waals surface area contributed by atoms with E-state index < -0.39 is 5.95 Å². The third-order valence-electron chi connectivity index (χ3n) is 5.27. The minimum Gasteiger partial charge on any atom is -0.379 e. The summed E-state index contributed by atoms with van der Waals surface area (Å²) >= 11 is 0. The molecular formula is C21H20FN5O2. The lowest BCUT2D eigenvalue weighted by atomic mass is 9.99. The number of carbonyl (C=O) groups is 1. The van der Waals surface area contributed by atoms with E-state index in [0.29, 0.717) is 37.5 Å². The summed E-state index contributed by atoms with van der Waals surface area (Å²) in [5, 5.41) is 10.6.